The molecule has 0 saturated heterocycles. The van der Waals surface area contributed by atoms with Crippen LogP contribution in [0.5, 0.6) is 0 Å². The number of hydrogen-bond acceptors (Lipinski definition) is 3. The molecular weight excluding hydrogens is 290 g/mol. The van der Waals surface area contributed by atoms with E-state index in [-0.39, 0.29) is 24.2 Å². The number of benzene rings is 1. The number of carbonyl (C=O) groups excluding carboxylic acids is 1. The molecular formula is C18H27N3O2. The zero-order chi connectivity index (χ0) is 16.4. The van der Waals surface area contributed by atoms with E-state index in [2.05, 4.69) is 36.3 Å². The van der Waals surface area contributed by atoms with E-state index in [1.165, 1.54) is 11.3 Å². The number of amides is 2. The lowest BCUT2D eigenvalue weighted by Crippen LogP contribution is -2.50. The zero-order valence-corrected chi connectivity index (χ0v) is 14.0. The maximum absolute atomic E-state index is 12.8. The molecule has 1 heterocycles. The fraction of sp³-hybridized carbons (Fsp3) is 0.611. The first-order chi connectivity index (χ1) is 11.0. The lowest BCUT2D eigenvalue weighted by Gasteiger charge is -2.32. The van der Waals surface area contributed by atoms with Crippen LogP contribution in [-0.4, -0.2) is 47.8 Å². The summed E-state index contributed by atoms with van der Waals surface area (Å²) in [6.45, 7) is 3.57. The second-order valence-corrected chi connectivity index (χ2v) is 6.94. The summed E-state index contributed by atoms with van der Waals surface area (Å²) in [6, 6.07) is 8.65. The zero-order valence-electron chi connectivity index (χ0n) is 14.0. The van der Waals surface area contributed by atoms with Gasteiger partial charge in [0.15, 0.2) is 0 Å². The van der Waals surface area contributed by atoms with Crippen molar-refractivity contribution in [2.75, 3.05) is 18.5 Å². The molecule has 1 atom stereocenters. The number of carbonyl (C=O) groups is 1. The highest BCUT2D eigenvalue weighted by atomic mass is 16.3. The van der Waals surface area contributed by atoms with Crippen molar-refractivity contribution in [2.45, 2.75) is 57.3 Å². The fourth-order valence-corrected chi connectivity index (χ4v) is 3.70. The summed E-state index contributed by atoms with van der Waals surface area (Å²) in [5.74, 6) is 0. The van der Waals surface area contributed by atoms with Crippen LogP contribution < -0.4 is 10.2 Å². The average molecular weight is 317 g/mol. The molecule has 2 N–H and O–H groups in total. The second kappa shape index (κ2) is 6.79. The van der Waals surface area contributed by atoms with Gasteiger partial charge in [-0.1, -0.05) is 18.2 Å². The van der Waals surface area contributed by atoms with E-state index in [1.54, 1.807) is 0 Å². The molecule has 0 spiro atoms. The standard InChI is InChI=1S/C18H27N3O2/c1-13-11-20(2)17-6-4-3-5-14(17)12-21(13)18(23)19-15-7-9-16(22)10-8-15/h3-6,13,15-16,22H,7-12H2,1-2H3,(H,19,23). The predicted molar refractivity (Wildman–Crippen MR) is 91.5 cm³/mol. The maximum Gasteiger partial charge on any atom is 0.318 e. The summed E-state index contributed by atoms with van der Waals surface area (Å²) in [5, 5.41) is 12.8. The van der Waals surface area contributed by atoms with Gasteiger partial charge in [-0.2, -0.15) is 0 Å². The average Bonchev–Trinajstić information content (AvgIpc) is 2.66. The lowest BCUT2D eigenvalue weighted by molar-refractivity contribution is 0.113. The van der Waals surface area contributed by atoms with E-state index in [0.29, 0.717) is 6.54 Å². The first kappa shape index (κ1) is 16.1. The summed E-state index contributed by atoms with van der Waals surface area (Å²) in [7, 11) is 2.08. The number of likely N-dealkylation sites (N-methyl/N-ethyl adjacent to an activating group) is 1. The van der Waals surface area contributed by atoms with E-state index in [9.17, 15) is 9.90 Å². The summed E-state index contributed by atoms with van der Waals surface area (Å²) in [6.07, 6.45) is 3.11. The summed E-state index contributed by atoms with van der Waals surface area (Å²) in [5.41, 5.74) is 2.39. The van der Waals surface area contributed by atoms with Crippen LogP contribution in [0, 0.1) is 0 Å². The Balaban J connectivity index is 1.70. The number of hydrogen-bond donors (Lipinski definition) is 2. The third-order valence-corrected chi connectivity index (χ3v) is 5.10. The number of nitrogens with zero attached hydrogens (tertiary/aromatic N) is 2. The van der Waals surface area contributed by atoms with E-state index in [4.69, 9.17) is 0 Å². The molecule has 1 aliphatic heterocycles. The largest absolute Gasteiger partial charge is 0.393 e. The molecule has 0 aromatic heterocycles. The molecule has 126 valence electrons. The summed E-state index contributed by atoms with van der Waals surface area (Å²) in [4.78, 5) is 16.9. The molecule has 1 saturated carbocycles. The number of rotatable bonds is 1. The Labute approximate surface area is 138 Å². The number of fused-ring (bicyclic) bond motifs is 1. The lowest BCUT2D eigenvalue weighted by atomic mass is 9.93. The van der Waals surface area contributed by atoms with Crippen LogP contribution in [0.2, 0.25) is 0 Å². The molecule has 2 amide bonds. The molecule has 1 aromatic rings. The molecule has 5 nitrogen and oxygen atoms in total. The van der Waals surface area contributed by atoms with Crippen LogP contribution in [-0.2, 0) is 6.54 Å². The van der Waals surface area contributed by atoms with E-state index in [0.717, 1.165) is 32.2 Å². The molecule has 1 aliphatic carbocycles. The van der Waals surface area contributed by atoms with Crippen molar-refractivity contribution in [3.8, 4) is 0 Å². The van der Waals surface area contributed by atoms with Gasteiger partial charge in [0.1, 0.15) is 0 Å². The van der Waals surface area contributed by atoms with Gasteiger partial charge in [-0.25, -0.2) is 4.79 Å². The van der Waals surface area contributed by atoms with Crippen molar-refractivity contribution < 1.29 is 9.90 Å². The monoisotopic (exact) mass is 317 g/mol. The predicted octanol–water partition coefficient (Wildman–Crippen LogP) is 2.34. The molecule has 3 rings (SSSR count). The van der Waals surface area contributed by atoms with Crippen molar-refractivity contribution in [3.05, 3.63) is 29.8 Å². The van der Waals surface area contributed by atoms with Crippen molar-refractivity contribution in [2.24, 2.45) is 0 Å². The van der Waals surface area contributed by atoms with Gasteiger partial charge in [0.2, 0.25) is 0 Å². The second-order valence-electron chi connectivity index (χ2n) is 6.94. The van der Waals surface area contributed by atoms with E-state index >= 15 is 0 Å². The van der Waals surface area contributed by atoms with Crippen molar-refractivity contribution in [1.29, 1.82) is 0 Å². The Morgan fingerprint density at radius 1 is 1.22 bits per heavy atom. The SMILES string of the molecule is CC1CN(C)c2ccccc2CN1C(=O)NC1CCC(O)CC1. The highest BCUT2D eigenvalue weighted by Gasteiger charge is 2.29. The third kappa shape index (κ3) is 3.61. The Hall–Kier alpha value is -1.75. The summed E-state index contributed by atoms with van der Waals surface area (Å²) >= 11 is 0. The quantitative estimate of drug-likeness (QED) is 0.836. The van der Waals surface area contributed by atoms with Gasteiger partial charge in [-0.15, -0.1) is 0 Å². The van der Waals surface area contributed by atoms with Gasteiger partial charge in [-0.05, 0) is 44.2 Å². The fourth-order valence-electron chi connectivity index (χ4n) is 3.70. The van der Waals surface area contributed by atoms with E-state index in [1.807, 2.05) is 17.0 Å². The van der Waals surface area contributed by atoms with Gasteiger partial charge < -0.3 is 20.2 Å². The Kier molecular flexibility index (Phi) is 4.76. The Morgan fingerprint density at radius 3 is 2.65 bits per heavy atom. The number of urea groups is 1. The minimum atomic E-state index is -0.194. The number of para-hydroxylation sites is 1. The van der Waals surface area contributed by atoms with Gasteiger partial charge in [0, 0.05) is 37.9 Å². The molecule has 1 aromatic carbocycles. The van der Waals surface area contributed by atoms with Crippen molar-refractivity contribution in [3.63, 3.8) is 0 Å². The minimum absolute atomic E-state index is 0.0176. The molecule has 0 bridgehead atoms. The summed E-state index contributed by atoms with van der Waals surface area (Å²) < 4.78 is 0. The Bertz CT molecular complexity index is 555. The van der Waals surface area contributed by atoms with Crippen LogP contribution in [0.1, 0.15) is 38.2 Å². The molecule has 23 heavy (non-hydrogen) atoms. The van der Waals surface area contributed by atoms with Gasteiger partial charge >= 0.3 is 6.03 Å². The molecule has 5 heteroatoms. The number of aliphatic hydroxyl groups excluding tert-OH is 1. The van der Waals surface area contributed by atoms with Crippen molar-refractivity contribution >= 4 is 11.7 Å². The number of anilines is 1. The molecule has 1 fully saturated rings. The van der Waals surface area contributed by atoms with Crippen LogP contribution in [0.4, 0.5) is 10.5 Å². The Morgan fingerprint density at radius 2 is 1.91 bits per heavy atom. The smallest absolute Gasteiger partial charge is 0.318 e. The molecule has 2 aliphatic rings. The maximum atomic E-state index is 12.8. The normalized spacial score (nSPS) is 28.0. The van der Waals surface area contributed by atoms with Crippen LogP contribution >= 0.6 is 0 Å². The highest BCUT2D eigenvalue weighted by Crippen LogP contribution is 2.26. The van der Waals surface area contributed by atoms with Crippen LogP contribution in [0.25, 0.3) is 0 Å². The van der Waals surface area contributed by atoms with Crippen LogP contribution in [0.3, 0.4) is 0 Å². The number of aliphatic hydroxyl groups is 1. The van der Waals surface area contributed by atoms with Gasteiger partial charge in [-0.3, -0.25) is 0 Å². The number of nitrogens with one attached hydrogen (secondary N) is 1. The van der Waals surface area contributed by atoms with Gasteiger partial charge in [0.25, 0.3) is 0 Å². The van der Waals surface area contributed by atoms with Crippen molar-refractivity contribution in [1.82, 2.24) is 10.2 Å². The minimum Gasteiger partial charge on any atom is -0.393 e. The van der Waals surface area contributed by atoms with Crippen LogP contribution in [0.15, 0.2) is 24.3 Å². The third-order valence-electron chi connectivity index (χ3n) is 5.10. The van der Waals surface area contributed by atoms with Gasteiger partial charge in [0.05, 0.1) is 6.10 Å². The first-order valence-electron chi connectivity index (χ1n) is 8.59. The first-order valence-corrected chi connectivity index (χ1v) is 8.59. The molecule has 0 radical (unpaired) electrons. The topological polar surface area (TPSA) is 55.8 Å². The molecule has 1 unspecified atom stereocenters. The van der Waals surface area contributed by atoms with E-state index < -0.39 is 0 Å². The highest BCUT2D eigenvalue weighted by molar-refractivity contribution is 5.75.